The molecule has 43 heavy (non-hydrogen) atoms. The average Bonchev–Trinajstić information content (AvgIpc) is 2.97. The molecular formula is C33H42BrN3O5S. The molecule has 0 aliphatic rings. The minimum Gasteiger partial charge on any atom is -0.494 e. The van der Waals surface area contributed by atoms with Crippen LogP contribution in [-0.2, 0) is 32.6 Å². The van der Waals surface area contributed by atoms with Crippen LogP contribution in [0.15, 0.2) is 83.3 Å². The monoisotopic (exact) mass is 671 g/mol. The van der Waals surface area contributed by atoms with Gasteiger partial charge in [0.25, 0.3) is 0 Å². The van der Waals surface area contributed by atoms with Crippen LogP contribution in [0.1, 0.15) is 51.2 Å². The lowest BCUT2D eigenvalue weighted by atomic mass is 10.0. The largest absolute Gasteiger partial charge is 0.494 e. The number of rotatable bonds is 16. The molecule has 3 aromatic carbocycles. The van der Waals surface area contributed by atoms with Crippen molar-refractivity contribution in [3.8, 4) is 5.75 Å². The van der Waals surface area contributed by atoms with Crippen molar-refractivity contribution < 1.29 is 22.7 Å². The summed E-state index contributed by atoms with van der Waals surface area (Å²) in [4.78, 5) is 29.3. The number of nitrogens with one attached hydrogen (secondary N) is 1. The van der Waals surface area contributed by atoms with Crippen LogP contribution >= 0.6 is 15.9 Å². The number of hydrogen-bond donors (Lipinski definition) is 1. The summed E-state index contributed by atoms with van der Waals surface area (Å²) in [7, 11) is -3.60. The van der Waals surface area contributed by atoms with Crippen molar-refractivity contribution in [3.63, 3.8) is 0 Å². The van der Waals surface area contributed by atoms with Crippen molar-refractivity contribution in [2.75, 3.05) is 23.7 Å². The van der Waals surface area contributed by atoms with Gasteiger partial charge >= 0.3 is 0 Å². The molecule has 0 aromatic heterocycles. The molecule has 0 radical (unpaired) electrons. The molecule has 0 saturated carbocycles. The Bertz CT molecular complexity index is 1430. The topological polar surface area (TPSA) is 96.0 Å². The average molecular weight is 673 g/mol. The second-order valence-corrected chi connectivity index (χ2v) is 13.4. The third-order valence-corrected chi connectivity index (χ3v) is 8.79. The molecule has 2 amide bonds. The van der Waals surface area contributed by atoms with Crippen molar-refractivity contribution in [2.24, 2.45) is 0 Å². The number of carbonyl (C=O) groups is 2. The smallest absolute Gasteiger partial charge is 0.243 e. The van der Waals surface area contributed by atoms with E-state index in [0.717, 1.165) is 28.3 Å². The van der Waals surface area contributed by atoms with E-state index in [9.17, 15) is 18.0 Å². The van der Waals surface area contributed by atoms with Crippen molar-refractivity contribution >= 4 is 43.5 Å². The fourth-order valence-electron chi connectivity index (χ4n) is 4.71. The molecule has 10 heteroatoms. The zero-order chi connectivity index (χ0) is 31.4. The van der Waals surface area contributed by atoms with E-state index in [2.05, 4.69) is 21.2 Å². The molecule has 0 bridgehead atoms. The molecular weight excluding hydrogens is 630 g/mol. The van der Waals surface area contributed by atoms with Gasteiger partial charge in [0, 0.05) is 36.4 Å². The van der Waals surface area contributed by atoms with Gasteiger partial charge < -0.3 is 15.0 Å². The van der Waals surface area contributed by atoms with E-state index < -0.39 is 16.1 Å². The summed E-state index contributed by atoms with van der Waals surface area (Å²) in [6.45, 7) is 6.68. The summed E-state index contributed by atoms with van der Waals surface area (Å²) < 4.78 is 33.1. The van der Waals surface area contributed by atoms with Crippen molar-refractivity contribution in [1.29, 1.82) is 0 Å². The van der Waals surface area contributed by atoms with Gasteiger partial charge in [-0.1, -0.05) is 65.3 Å². The molecule has 0 heterocycles. The Balaban J connectivity index is 1.87. The lowest BCUT2D eigenvalue weighted by Gasteiger charge is -2.32. The van der Waals surface area contributed by atoms with Crippen molar-refractivity contribution in [2.45, 2.75) is 65.1 Å². The molecule has 0 aliphatic heterocycles. The molecule has 8 nitrogen and oxygen atoms in total. The third kappa shape index (κ3) is 10.7. The van der Waals surface area contributed by atoms with E-state index in [1.54, 1.807) is 29.2 Å². The Kier molecular flexibility index (Phi) is 13.1. The predicted molar refractivity (Wildman–Crippen MR) is 176 cm³/mol. The molecule has 2 atom stereocenters. The molecule has 0 unspecified atom stereocenters. The van der Waals surface area contributed by atoms with Crippen LogP contribution in [0, 0.1) is 0 Å². The second-order valence-electron chi connectivity index (χ2n) is 10.5. The van der Waals surface area contributed by atoms with Crippen LogP contribution in [-0.4, -0.2) is 56.6 Å². The summed E-state index contributed by atoms with van der Waals surface area (Å²) in [6.07, 6.45) is 2.61. The van der Waals surface area contributed by atoms with Crippen LogP contribution in [0.2, 0.25) is 0 Å². The Morgan fingerprint density at radius 3 is 2.23 bits per heavy atom. The fraction of sp³-hybridized carbons (Fsp3) is 0.394. The van der Waals surface area contributed by atoms with Gasteiger partial charge in [0.1, 0.15) is 11.8 Å². The molecule has 232 valence electrons. The van der Waals surface area contributed by atoms with Gasteiger partial charge in [-0.15, -0.1) is 0 Å². The van der Waals surface area contributed by atoms with Gasteiger partial charge in [-0.25, -0.2) is 8.42 Å². The summed E-state index contributed by atoms with van der Waals surface area (Å²) in [5.74, 6) is 0.215. The predicted octanol–water partition coefficient (Wildman–Crippen LogP) is 5.95. The van der Waals surface area contributed by atoms with Crippen LogP contribution in [0.4, 0.5) is 5.69 Å². The number of halogens is 1. The molecule has 1 N–H and O–H groups in total. The van der Waals surface area contributed by atoms with E-state index >= 15 is 0 Å². The maximum Gasteiger partial charge on any atom is 0.243 e. The molecule has 0 spiro atoms. The molecule has 0 fully saturated rings. The summed E-state index contributed by atoms with van der Waals surface area (Å²) in [6, 6.07) is 23.4. The Labute approximate surface area is 264 Å². The Hall–Kier alpha value is -3.37. The fourth-order valence-corrected chi connectivity index (χ4v) is 6.12. The SMILES string of the molecule is CCOc1ccc(N(CCCC(=O)N(Cc2cccc(Br)c2)[C@@H](Cc2ccccc2)C(=O)N[C@@H](C)CC)S(C)(=O)=O)cc1. The highest BCUT2D eigenvalue weighted by atomic mass is 79.9. The van der Waals surface area contributed by atoms with E-state index in [1.165, 1.54) is 4.31 Å². The number of sulfonamides is 1. The normalized spacial score (nSPS) is 12.7. The number of ether oxygens (including phenoxy) is 1. The van der Waals surface area contributed by atoms with E-state index in [-0.39, 0.29) is 43.8 Å². The summed E-state index contributed by atoms with van der Waals surface area (Å²) >= 11 is 3.51. The highest BCUT2D eigenvalue weighted by Gasteiger charge is 2.31. The maximum atomic E-state index is 14.0. The van der Waals surface area contributed by atoms with E-state index in [0.29, 0.717) is 24.5 Å². The number of carbonyl (C=O) groups excluding carboxylic acids is 2. The zero-order valence-corrected chi connectivity index (χ0v) is 27.7. The van der Waals surface area contributed by atoms with Crippen LogP contribution in [0.25, 0.3) is 0 Å². The van der Waals surface area contributed by atoms with Crippen LogP contribution in [0.3, 0.4) is 0 Å². The highest BCUT2D eigenvalue weighted by molar-refractivity contribution is 9.10. The number of hydrogen-bond acceptors (Lipinski definition) is 5. The number of amides is 2. The first-order chi connectivity index (χ1) is 20.5. The second kappa shape index (κ2) is 16.5. The first kappa shape index (κ1) is 34.1. The zero-order valence-electron chi connectivity index (χ0n) is 25.3. The number of nitrogens with zero attached hydrogens (tertiary/aromatic N) is 2. The van der Waals surface area contributed by atoms with Crippen molar-refractivity contribution in [1.82, 2.24) is 10.2 Å². The van der Waals surface area contributed by atoms with Gasteiger partial charge in [-0.3, -0.25) is 13.9 Å². The van der Waals surface area contributed by atoms with Crippen LogP contribution < -0.4 is 14.4 Å². The van der Waals surface area contributed by atoms with Gasteiger partial charge in [0.2, 0.25) is 21.8 Å². The highest BCUT2D eigenvalue weighted by Crippen LogP contribution is 2.23. The first-order valence-corrected chi connectivity index (χ1v) is 17.2. The van der Waals surface area contributed by atoms with Gasteiger partial charge in [-0.2, -0.15) is 0 Å². The lowest BCUT2D eigenvalue weighted by molar-refractivity contribution is -0.141. The summed E-state index contributed by atoms with van der Waals surface area (Å²) in [5, 5.41) is 3.07. The summed E-state index contributed by atoms with van der Waals surface area (Å²) in [5.41, 5.74) is 2.32. The molecule has 0 saturated heterocycles. The standard InChI is InChI=1S/C33H42BrN3O5S/c1-5-25(3)35-33(39)31(23-26-12-8-7-9-13-26)36(24-27-14-10-15-28(34)22-27)32(38)16-11-21-37(43(4,40)41)29-17-19-30(20-18-29)42-6-2/h7-10,12-15,17-20,22,25,31H,5-6,11,16,21,23-24H2,1-4H3,(H,35,39)/t25-,31-/m0/s1. The molecule has 3 rings (SSSR count). The number of anilines is 1. The maximum absolute atomic E-state index is 14.0. The lowest BCUT2D eigenvalue weighted by Crippen LogP contribution is -2.52. The quantitative estimate of drug-likeness (QED) is 0.203. The molecule has 3 aromatic rings. The van der Waals surface area contributed by atoms with Gasteiger partial charge in [0.05, 0.1) is 18.6 Å². The van der Waals surface area contributed by atoms with Gasteiger partial charge in [-0.05, 0) is 74.2 Å². The van der Waals surface area contributed by atoms with Crippen LogP contribution in [0.5, 0.6) is 5.75 Å². The van der Waals surface area contributed by atoms with E-state index in [1.807, 2.05) is 75.4 Å². The number of benzene rings is 3. The molecule has 0 aliphatic carbocycles. The minimum atomic E-state index is -3.60. The van der Waals surface area contributed by atoms with Gasteiger partial charge in [0.15, 0.2) is 0 Å². The third-order valence-electron chi connectivity index (χ3n) is 7.10. The Morgan fingerprint density at radius 1 is 0.953 bits per heavy atom. The Morgan fingerprint density at radius 2 is 1.63 bits per heavy atom. The van der Waals surface area contributed by atoms with E-state index in [4.69, 9.17) is 4.74 Å². The van der Waals surface area contributed by atoms with Crippen molar-refractivity contribution in [3.05, 3.63) is 94.5 Å². The first-order valence-electron chi connectivity index (χ1n) is 14.6. The minimum absolute atomic E-state index is 0.0500.